The molecule has 0 atom stereocenters. The average molecular weight is 370 g/mol. The molecule has 1 fully saturated rings. The Balaban J connectivity index is 1.44. The predicted molar refractivity (Wildman–Crippen MR) is 101 cm³/mol. The van der Waals surface area contributed by atoms with Gasteiger partial charge in [-0.3, -0.25) is 14.4 Å². The van der Waals surface area contributed by atoms with Crippen molar-refractivity contribution < 1.29 is 13.9 Å². The summed E-state index contributed by atoms with van der Waals surface area (Å²) in [6.45, 7) is 8.16. The van der Waals surface area contributed by atoms with Crippen LogP contribution in [0.15, 0.2) is 34.5 Å². The molecule has 0 unspecified atom stereocenters. The average Bonchev–Trinajstić information content (AvgIpc) is 3.28. The number of furan rings is 1. The van der Waals surface area contributed by atoms with Gasteiger partial charge in [-0.1, -0.05) is 5.57 Å². The molecule has 4 heterocycles. The van der Waals surface area contributed by atoms with Crippen LogP contribution in [0.25, 0.3) is 6.08 Å². The molecule has 4 rings (SSSR count). The molecule has 0 radical (unpaired) electrons. The Morgan fingerprint density at radius 2 is 2.11 bits per heavy atom. The van der Waals surface area contributed by atoms with Crippen molar-refractivity contribution in [3.8, 4) is 0 Å². The highest BCUT2D eigenvalue weighted by Gasteiger charge is 2.24. The highest BCUT2D eigenvalue weighted by Crippen LogP contribution is 2.17. The van der Waals surface area contributed by atoms with Crippen LogP contribution in [0.4, 0.5) is 0 Å². The van der Waals surface area contributed by atoms with E-state index < -0.39 is 0 Å². The molecule has 2 aromatic rings. The number of fused-ring (bicyclic) bond motifs is 1. The third-order valence-electron chi connectivity index (χ3n) is 5.02. The van der Waals surface area contributed by atoms with E-state index in [-0.39, 0.29) is 5.91 Å². The largest absolute Gasteiger partial charge is 0.465 e. The van der Waals surface area contributed by atoms with E-state index in [2.05, 4.69) is 23.0 Å². The van der Waals surface area contributed by atoms with E-state index in [0.29, 0.717) is 32.0 Å². The summed E-state index contributed by atoms with van der Waals surface area (Å²) in [4.78, 5) is 16.9. The van der Waals surface area contributed by atoms with E-state index in [1.165, 1.54) is 5.57 Å². The number of ether oxygens (including phenoxy) is 1. The summed E-state index contributed by atoms with van der Waals surface area (Å²) in [5.41, 5.74) is 2.91. The van der Waals surface area contributed by atoms with Gasteiger partial charge in [0.05, 0.1) is 25.2 Å². The predicted octanol–water partition coefficient (Wildman–Crippen LogP) is 2.26. The van der Waals surface area contributed by atoms with Crippen LogP contribution in [-0.2, 0) is 17.8 Å². The second kappa shape index (κ2) is 8.10. The number of hydrogen-bond acceptors (Lipinski definition) is 5. The zero-order chi connectivity index (χ0) is 18.6. The molecule has 144 valence electrons. The Labute approximate surface area is 159 Å². The summed E-state index contributed by atoms with van der Waals surface area (Å²) >= 11 is 0. The quantitative estimate of drug-likeness (QED) is 0.826. The number of rotatable bonds is 4. The van der Waals surface area contributed by atoms with Gasteiger partial charge in [0.15, 0.2) is 5.69 Å². The topological polar surface area (TPSA) is 63.7 Å². The molecule has 0 aromatic carbocycles. The van der Waals surface area contributed by atoms with Gasteiger partial charge in [0.2, 0.25) is 0 Å². The fraction of sp³-hybridized carbons (Fsp3) is 0.500. The number of hydrogen-bond donors (Lipinski definition) is 0. The molecular formula is C20H26N4O3. The number of aromatic nitrogens is 2. The van der Waals surface area contributed by atoms with Crippen molar-refractivity contribution >= 4 is 12.0 Å². The summed E-state index contributed by atoms with van der Waals surface area (Å²) in [5.74, 6) is 0.894. The summed E-state index contributed by atoms with van der Waals surface area (Å²) in [7, 11) is 0. The molecule has 0 spiro atoms. The van der Waals surface area contributed by atoms with Crippen molar-refractivity contribution in [1.29, 1.82) is 0 Å². The van der Waals surface area contributed by atoms with Gasteiger partial charge in [-0.2, -0.15) is 5.10 Å². The third-order valence-corrected chi connectivity index (χ3v) is 5.02. The zero-order valence-electron chi connectivity index (χ0n) is 15.8. The molecular weight excluding hydrogens is 344 g/mol. The number of nitrogens with zero attached hydrogens (tertiary/aromatic N) is 4. The molecule has 2 aliphatic rings. The fourth-order valence-electron chi connectivity index (χ4n) is 3.71. The number of carbonyl (C=O) groups excluding carboxylic acids is 1. The van der Waals surface area contributed by atoms with Crippen molar-refractivity contribution in [2.75, 3.05) is 39.4 Å². The molecule has 7 heteroatoms. The van der Waals surface area contributed by atoms with Gasteiger partial charge in [-0.05, 0) is 37.6 Å². The Morgan fingerprint density at radius 1 is 1.26 bits per heavy atom. The summed E-state index contributed by atoms with van der Waals surface area (Å²) < 4.78 is 12.7. The van der Waals surface area contributed by atoms with E-state index in [1.807, 2.05) is 27.8 Å². The van der Waals surface area contributed by atoms with Crippen LogP contribution >= 0.6 is 0 Å². The normalized spacial score (nSPS) is 19.0. The van der Waals surface area contributed by atoms with Crippen molar-refractivity contribution in [2.24, 2.45) is 0 Å². The number of amides is 1. The number of carbonyl (C=O) groups is 1. The lowest BCUT2D eigenvalue weighted by Crippen LogP contribution is -2.40. The highest BCUT2D eigenvalue weighted by atomic mass is 16.5. The Morgan fingerprint density at radius 3 is 2.89 bits per heavy atom. The first-order valence-electron chi connectivity index (χ1n) is 9.56. The summed E-state index contributed by atoms with van der Waals surface area (Å²) in [6.07, 6.45) is 4.79. The van der Waals surface area contributed by atoms with E-state index in [9.17, 15) is 4.79 Å². The fourth-order valence-corrected chi connectivity index (χ4v) is 3.71. The molecule has 0 N–H and O–H groups in total. The zero-order valence-corrected chi connectivity index (χ0v) is 15.8. The molecule has 7 nitrogen and oxygen atoms in total. The minimum Gasteiger partial charge on any atom is -0.465 e. The molecule has 1 amide bonds. The highest BCUT2D eigenvalue weighted by molar-refractivity contribution is 5.92. The first kappa shape index (κ1) is 18.0. The van der Waals surface area contributed by atoms with E-state index >= 15 is 0 Å². The van der Waals surface area contributed by atoms with Crippen LogP contribution in [0.3, 0.4) is 0 Å². The lowest BCUT2D eigenvalue weighted by atomic mass is 10.2. The van der Waals surface area contributed by atoms with E-state index in [1.54, 1.807) is 6.26 Å². The lowest BCUT2D eigenvalue weighted by molar-refractivity contribution is 0.0298. The van der Waals surface area contributed by atoms with Gasteiger partial charge < -0.3 is 14.1 Å². The van der Waals surface area contributed by atoms with Crippen LogP contribution in [0.2, 0.25) is 0 Å². The monoisotopic (exact) mass is 370 g/mol. The van der Waals surface area contributed by atoms with Crippen LogP contribution in [-0.4, -0.2) is 64.9 Å². The molecule has 2 aromatic heterocycles. The maximum atomic E-state index is 12.7. The maximum absolute atomic E-state index is 12.7. The maximum Gasteiger partial charge on any atom is 0.274 e. The molecule has 0 aliphatic carbocycles. The van der Waals surface area contributed by atoms with Crippen LogP contribution < -0.4 is 0 Å². The third kappa shape index (κ3) is 4.31. The number of morpholine rings is 1. The van der Waals surface area contributed by atoms with Crippen molar-refractivity contribution in [2.45, 2.75) is 26.4 Å². The van der Waals surface area contributed by atoms with Crippen LogP contribution in [0.5, 0.6) is 0 Å². The first-order valence-corrected chi connectivity index (χ1v) is 9.56. The van der Waals surface area contributed by atoms with Gasteiger partial charge in [0, 0.05) is 39.3 Å². The standard InChI is InChI=1S/C20H26N4O3/c1-16(12-18-4-2-9-27-18)14-22-5-3-6-24-17(15-22)13-19(21-24)20(25)23-7-10-26-11-8-23/h2,4,9,12-13H,3,5-8,10-11,14-15H2,1H3. The van der Waals surface area contributed by atoms with Crippen molar-refractivity contribution in [3.05, 3.63) is 47.2 Å². The van der Waals surface area contributed by atoms with Gasteiger partial charge in [-0.25, -0.2) is 0 Å². The second-order valence-corrected chi connectivity index (χ2v) is 7.22. The smallest absolute Gasteiger partial charge is 0.274 e. The minimum absolute atomic E-state index is 0.0133. The van der Waals surface area contributed by atoms with Gasteiger partial charge in [0.1, 0.15) is 5.76 Å². The molecule has 2 aliphatic heterocycles. The summed E-state index contributed by atoms with van der Waals surface area (Å²) in [6, 6.07) is 5.82. The molecule has 27 heavy (non-hydrogen) atoms. The van der Waals surface area contributed by atoms with Gasteiger partial charge in [-0.15, -0.1) is 0 Å². The van der Waals surface area contributed by atoms with Crippen LogP contribution in [0, 0.1) is 0 Å². The van der Waals surface area contributed by atoms with Gasteiger partial charge in [0.25, 0.3) is 5.91 Å². The first-order chi connectivity index (χ1) is 13.2. The molecule has 1 saturated heterocycles. The SMILES string of the molecule is CC(=Cc1ccco1)CN1CCCn2nc(C(=O)N3CCOCC3)cc2C1. The van der Waals surface area contributed by atoms with Crippen LogP contribution in [0.1, 0.15) is 35.3 Å². The Kier molecular flexibility index (Phi) is 5.40. The molecule has 0 saturated carbocycles. The minimum atomic E-state index is 0.0133. The lowest BCUT2D eigenvalue weighted by Gasteiger charge is -2.26. The van der Waals surface area contributed by atoms with Crippen molar-refractivity contribution in [3.63, 3.8) is 0 Å². The summed E-state index contributed by atoms with van der Waals surface area (Å²) in [5, 5.41) is 4.59. The van der Waals surface area contributed by atoms with E-state index in [4.69, 9.17) is 9.15 Å². The van der Waals surface area contributed by atoms with E-state index in [0.717, 1.165) is 44.1 Å². The Bertz CT molecular complexity index is 803. The number of aryl methyl sites for hydroxylation is 1. The van der Waals surface area contributed by atoms with Crippen molar-refractivity contribution in [1.82, 2.24) is 19.6 Å². The molecule has 0 bridgehead atoms. The van der Waals surface area contributed by atoms with Gasteiger partial charge >= 0.3 is 0 Å². The Hall–Kier alpha value is -2.38. The second-order valence-electron chi connectivity index (χ2n) is 7.22.